The summed E-state index contributed by atoms with van der Waals surface area (Å²) >= 11 is 0. The van der Waals surface area contributed by atoms with Gasteiger partial charge in [0.15, 0.2) is 0 Å². The van der Waals surface area contributed by atoms with E-state index in [9.17, 15) is 0 Å². The number of hydrogen-bond donors (Lipinski definition) is 1. The molecular formula is C14H28N2O. The molecule has 0 saturated carbocycles. The van der Waals surface area contributed by atoms with Gasteiger partial charge < -0.3 is 10.1 Å². The van der Waals surface area contributed by atoms with E-state index in [1.165, 1.54) is 25.9 Å². The molecule has 2 saturated heterocycles. The lowest BCUT2D eigenvalue weighted by molar-refractivity contribution is 0.0158. The number of nitrogens with one attached hydrogen (secondary N) is 1. The third-order valence-electron chi connectivity index (χ3n) is 4.32. The number of nitrogens with zero attached hydrogens (tertiary/aromatic N) is 1. The van der Waals surface area contributed by atoms with Crippen LogP contribution in [0.3, 0.4) is 0 Å². The summed E-state index contributed by atoms with van der Waals surface area (Å²) in [6.45, 7) is 12.4. The summed E-state index contributed by atoms with van der Waals surface area (Å²) in [5, 5.41) is 3.63. The molecule has 0 amide bonds. The van der Waals surface area contributed by atoms with Gasteiger partial charge in [0.05, 0.1) is 6.61 Å². The van der Waals surface area contributed by atoms with Crippen molar-refractivity contribution in [3.05, 3.63) is 0 Å². The Morgan fingerprint density at radius 3 is 2.82 bits per heavy atom. The fourth-order valence-corrected chi connectivity index (χ4v) is 3.45. The van der Waals surface area contributed by atoms with Gasteiger partial charge in [-0.1, -0.05) is 13.8 Å². The monoisotopic (exact) mass is 240 g/mol. The topological polar surface area (TPSA) is 24.5 Å². The summed E-state index contributed by atoms with van der Waals surface area (Å²) in [5.74, 6) is 1.54. The van der Waals surface area contributed by atoms with Crippen molar-refractivity contribution in [3.8, 4) is 0 Å². The van der Waals surface area contributed by atoms with Gasteiger partial charge in [-0.05, 0) is 32.2 Å². The maximum absolute atomic E-state index is 5.66. The average molecular weight is 240 g/mol. The maximum Gasteiger partial charge on any atom is 0.0521 e. The molecule has 0 aliphatic carbocycles. The molecule has 0 radical (unpaired) electrons. The molecule has 2 heterocycles. The Hall–Kier alpha value is -0.120. The van der Waals surface area contributed by atoms with Crippen LogP contribution in [-0.4, -0.2) is 49.8 Å². The number of likely N-dealkylation sites (tertiary alicyclic amines) is 1. The smallest absolute Gasteiger partial charge is 0.0521 e. The van der Waals surface area contributed by atoms with E-state index in [0.29, 0.717) is 12.0 Å². The standard InChI is InChI=1S/C14H28N2O/c1-4-15-14-5-6-17-10-13(14)9-16-8-11(2)7-12(16)3/h11-15H,4-10H2,1-3H3. The van der Waals surface area contributed by atoms with Crippen molar-refractivity contribution in [3.63, 3.8) is 0 Å². The fourth-order valence-electron chi connectivity index (χ4n) is 3.45. The van der Waals surface area contributed by atoms with Gasteiger partial charge in [0.1, 0.15) is 0 Å². The Labute approximate surface area is 106 Å². The van der Waals surface area contributed by atoms with E-state index in [2.05, 4.69) is 31.0 Å². The van der Waals surface area contributed by atoms with E-state index < -0.39 is 0 Å². The molecule has 2 fully saturated rings. The van der Waals surface area contributed by atoms with Crippen LogP contribution in [0.25, 0.3) is 0 Å². The molecule has 0 aromatic heterocycles. The highest BCUT2D eigenvalue weighted by molar-refractivity contribution is 4.87. The maximum atomic E-state index is 5.66. The second-order valence-electron chi connectivity index (χ2n) is 5.93. The summed E-state index contributed by atoms with van der Waals surface area (Å²) < 4.78 is 5.66. The van der Waals surface area contributed by atoms with E-state index in [4.69, 9.17) is 4.74 Å². The molecule has 2 aliphatic rings. The van der Waals surface area contributed by atoms with Crippen LogP contribution in [0.15, 0.2) is 0 Å². The Morgan fingerprint density at radius 2 is 2.18 bits per heavy atom. The molecule has 4 unspecified atom stereocenters. The molecule has 0 spiro atoms. The molecule has 0 aromatic carbocycles. The molecule has 2 aliphatic heterocycles. The average Bonchev–Trinajstić information content (AvgIpc) is 2.61. The predicted molar refractivity (Wildman–Crippen MR) is 71.2 cm³/mol. The van der Waals surface area contributed by atoms with Crippen molar-refractivity contribution in [1.29, 1.82) is 0 Å². The lowest BCUT2D eigenvalue weighted by atomic mass is 9.95. The van der Waals surface area contributed by atoms with E-state index in [-0.39, 0.29) is 0 Å². The largest absolute Gasteiger partial charge is 0.381 e. The molecule has 3 heteroatoms. The van der Waals surface area contributed by atoms with E-state index >= 15 is 0 Å². The van der Waals surface area contributed by atoms with Gasteiger partial charge in [0.2, 0.25) is 0 Å². The van der Waals surface area contributed by atoms with E-state index in [1.807, 2.05) is 0 Å². The minimum absolute atomic E-state index is 0.664. The SMILES string of the molecule is CCNC1CCOCC1CN1CC(C)CC1C. The van der Waals surface area contributed by atoms with Crippen molar-refractivity contribution < 1.29 is 4.74 Å². The molecule has 0 bridgehead atoms. The van der Waals surface area contributed by atoms with Crippen molar-refractivity contribution >= 4 is 0 Å². The first-order valence-electron chi connectivity index (χ1n) is 7.25. The molecule has 4 atom stereocenters. The highest BCUT2D eigenvalue weighted by atomic mass is 16.5. The van der Waals surface area contributed by atoms with Crippen molar-refractivity contribution in [1.82, 2.24) is 10.2 Å². The van der Waals surface area contributed by atoms with Crippen LogP contribution >= 0.6 is 0 Å². The van der Waals surface area contributed by atoms with Crippen LogP contribution in [0.1, 0.15) is 33.6 Å². The fraction of sp³-hybridized carbons (Fsp3) is 1.00. The van der Waals surface area contributed by atoms with Crippen molar-refractivity contribution in [2.75, 3.05) is 32.8 Å². The first kappa shape index (κ1) is 13.3. The highest BCUT2D eigenvalue weighted by Crippen LogP contribution is 2.25. The zero-order valence-electron chi connectivity index (χ0n) is 11.6. The van der Waals surface area contributed by atoms with Gasteiger partial charge in [-0.3, -0.25) is 4.90 Å². The second-order valence-corrected chi connectivity index (χ2v) is 5.93. The number of rotatable bonds is 4. The lowest BCUT2D eigenvalue weighted by Crippen LogP contribution is -2.48. The predicted octanol–water partition coefficient (Wildman–Crippen LogP) is 1.73. The Kier molecular flexibility index (Phi) is 4.83. The Morgan fingerprint density at radius 1 is 1.35 bits per heavy atom. The molecule has 17 heavy (non-hydrogen) atoms. The quantitative estimate of drug-likeness (QED) is 0.810. The highest BCUT2D eigenvalue weighted by Gasteiger charge is 2.32. The van der Waals surface area contributed by atoms with Crippen LogP contribution in [-0.2, 0) is 4.74 Å². The molecule has 0 aromatic rings. The van der Waals surface area contributed by atoms with Crippen molar-refractivity contribution in [2.45, 2.75) is 45.7 Å². The van der Waals surface area contributed by atoms with Gasteiger partial charge in [-0.2, -0.15) is 0 Å². The van der Waals surface area contributed by atoms with E-state index in [0.717, 1.165) is 31.7 Å². The van der Waals surface area contributed by atoms with Crippen LogP contribution in [0.5, 0.6) is 0 Å². The number of hydrogen-bond acceptors (Lipinski definition) is 3. The summed E-state index contributed by atoms with van der Waals surface area (Å²) in [7, 11) is 0. The molecule has 3 nitrogen and oxygen atoms in total. The summed E-state index contributed by atoms with van der Waals surface area (Å²) in [6, 6.07) is 1.42. The minimum atomic E-state index is 0.664. The van der Waals surface area contributed by atoms with Crippen LogP contribution in [0.2, 0.25) is 0 Å². The minimum Gasteiger partial charge on any atom is -0.381 e. The zero-order valence-corrected chi connectivity index (χ0v) is 11.6. The second kappa shape index (κ2) is 6.17. The van der Waals surface area contributed by atoms with E-state index in [1.54, 1.807) is 0 Å². The first-order valence-corrected chi connectivity index (χ1v) is 7.25. The van der Waals surface area contributed by atoms with Crippen LogP contribution in [0.4, 0.5) is 0 Å². The molecule has 2 rings (SSSR count). The normalized spacial score (nSPS) is 39.7. The third kappa shape index (κ3) is 3.43. The summed E-state index contributed by atoms with van der Waals surface area (Å²) in [4.78, 5) is 2.66. The molecule has 1 N–H and O–H groups in total. The van der Waals surface area contributed by atoms with Gasteiger partial charge >= 0.3 is 0 Å². The Balaban J connectivity index is 1.87. The van der Waals surface area contributed by atoms with Gasteiger partial charge in [-0.25, -0.2) is 0 Å². The van der Waals surface area contributed by atoms with Gasteiger partial charge in [-0.15, -0.1) is 0 Å². The molecule has 100 valence electrons. The third-order valence-corrected chi connectivity index (χ3v) is 4.32. The molecular weight excluding hydrogens is 212 g/mol. The Bertz CT molecular complexity index is 232. The summed E-state index contributed by atoms with van der Waals surface area (Å²) in [5.41, 5.74) is 0. The zero-order chi connectivity index (χ0) is 12.3. The first-order chi connectivity index (χ1) is 8.20. The lowest BCUT2D eigenvalue weighted by Gasteiger charge is -2.36. The van der Waals surface area contributed by atoms with Crippen LogP contribution in [0, 0.1) is 11.8 Å². The summed E-state index contributed by atoms with van der Waals surface area (Å²) in [6.07, 6.45) is 2.54. The van der Waals surface area contributed by atoms with Crippen molar-refractivity contribution in [2.24, 2.45) is 11.8 Å². The number of ether oxygens (including phenoxy) is 1. The van der Waals surface area contributed by atoms with Gasteiger partial charge in [0.25, 0.3) is 0 Å². The van der Waals surface area contributed by atoms with Gasteiger partial charge in [0, 0.05) is 37.7 Å². The van der Waals surface area contributed by atoms with Crippen LogP contribution < -0.4 is 5.32 Å².